The van der Waals surface area contributed by atoms with Gasteiger partial charge in [0.25, 0.3) is 0 Å². The molecule has 1 N–H and O–H groups in total. The topological polar surface area (TPSA) is 80.3 Å². The van der Waals surface area contributed by atoms with Crippen molar-refractivity contribution in [3.8, 4) is 0 Å². The largest absolute Gasteiger partial charge is 0.349 e. The molecule has 0 heterocycles. The fourth-order valence-corrected chi connectivity index (χ4v) is 1.62. The quantitative estimate of drug-likeness (QED) is 0.482. The van der Waals surface area contributed by atoms with Crippen molar-refractivity contribution in [2.24, 2.45) is 5.92 Å². The Morgan fingerprint density at radius 3 is 2.47 bits per heavy atom. The number of rotatable bonds is 9. The second kappa shape index (κ2) is 8.99. The summed E-state index contributed by atoms with van der Waals surface area (Å²) >= 11 is 0. The second-order valence-corrected chi connectivity index (χ2v) is 4.30. The third-order valence-corrected chi connectivity index (χ3v) is 2.81. The highest BCUT2D eigenvalue weighted by Gasteiger charge is 2.16. The van der Waals surface area contributed by atoms with Crippen LogP contribution in [0, 0.1) is 5.92 Å². The molecule has 0 aromatic rings. The van der Waals surface area contributed by atoms with Gasteiger partial charge in [0.1, 0.15) is 6.29 Å². The van der Waals surface area contributed by atoms with E-state index >= 15 is 0 Å². The molecule has 0 aliphatic rings. The van der Waals surface area contributed by atoms with Gasteiger partial charge in [-0.1, -0.05) is 16.2 Å². The molecule has 0 rings (SSSR count). The number of carbonyl (C=O) groups is 4. The Kier molecular flexibility index (Phi) is 8.42. The van der Waals surface area contributed by atoms with Gasteiger partial charge < -0.3 is 10.1 Å². The average Bonchev–Trinajstić information content (AvgIpc) is 2.30. The molecule has 0 aromatic carbocycles. The molecule has 0 saturated carbocycles. The second-order valence-electron chi connectivity index (χ2n) is 3.73. The Balaban J connectivity index is 3.90. The zero-order valence-electron chi connectivity index (χ0n) is 9.90. The van der Waals surface area contributed by atoms with Crippen molar-refractivity contribution in [1.82, 2.24) is 5.32 Å². The van der Waals surface area contributed by atoms with Gasteiger partial charge in [-0.25, -0.2) is 0 Å². The van der Waals surface area contributed by atoms with Crippen molar-refractivity contribution in [3.05, 3.63) is 0 Å². The summed E-state index contributed by atoms with van der Waals surface area (Å²) < 4.78 is 0. The standard InChI is InChI=1S/C11H18NO4P/c1-2-8(11(16)17)6-9(14)7-12-10(15)4-3-5-13/h5,8H,2-4,6-7,17H2,1H3,(H,12,15). The Morgan fingerprint density at radius 1 is 1.35 bits per heavy atom. The average molecular weight is 259 g/mol. The predicted molar refractivity (Wildman–Crippen MR) is 66.4 cm³/mol. The SMILES string of the molecule is CCC(CC(=O)CNC(=O)CCC=O)C(=O)P. The first-order valence-corrected chi connectivity index (χ1v) is 6.10. The van der Waals surface area contributed by atoms with Crippen molar-refractivity contribution in [1.29, 1.82) is 0 Å². The number of amides is 1. The van der Waals surface area contributed by atoms with E-state index in [1.54, 1.807) is 0 Å². The van der Waals surface area contributed by atoms with Gasteiger partial charge in [0, 0.05) is 25.2 Å². The van der Waals surface area contributed by atoms with Crippen LogP contribution >= 0.6 is 9.24 Å². The van der Waals surface area contributed by atoms with Crippen LogP contribution in [-0.2, 0) is 19.2 Å². The lowest BCUT2D eigenvalue weighted by Crippen LogP contribution is -2.30. The Hall–Kier alpha value is -1.09. The maximum Gasteiger partial charge on any atom is 0.220 e. The van der Waals surface area contributed by atoms with E-state index in [9.17, 15) is 19.2 Å². The van der Waals surface area contributed by atoms with Gasteiger partial charge >= 0.3 is 0 Å². The normalized spacial score (nSPS) is 11.6. The molecule has 0 aromatic heterocycles. The van der Waals surface area contributed by atoms with E-state index in [2.05, 4.69) is 14.6 Å². The third kappa shape index (κ3) is 7.75. The molecule has 0 fully saturated rings. The first kappa shape index (κ1) is 15.9. The molecule has 0 saturated heterocycles. The Bertz CT molecular complexity index is 304. The number of hydrogen-bond acceptors (Lipinski definition) is 4. The summed E-state index contributed by atoms with van der Waals surface area (Å²) in [5.41, 5.74) is -0.0897. The van der Waals surface area contributed by atoms with Gasteiger partial charge in [-0.2, -0.15) is 0 Å². The summed E-state index contributed by atoms with van der Waals surface area (Å²) in [4.78, 5) is 43.6. The molecule has 5 nitrogen and oxygen atoms in total. The Labute approximate surface area is 103 Å². The van der Waals surface area contributed by atoms with Crippen LogP contribution in [0.4, 0.5) is 0 Å². The lowest BCUT2D eigenvalue weighted by atomic mass is 10.0. The number of hydrogen-bond donors (Lipinski definition) is 1. The summed E-state index contributed by atoms with van der Waals surface area (Å²) in [5.74, 6) is -0.790. The number of carbonyl (C=O) groups excluding carboxylic acids is 4. The van der Waals surface area contributed by atoms with E-state index in [0.717, 1.165) is 0 Å². The zero-order valence-corrected chi connectivity index (χ0v) is 11.1. The van der Waals surface area contributed by atoms with Crippen molar-refractivity contribution in [2.75, 3.05) is 6.54 Å². The monoisotopic (exact) mass is 259 g/mol. The molecule has 0 aliphatic heterocycles. The molecular formula is C11H18NO4P. The lowest BCUT2D eigenvalue weighted by Gasteiger charge is -2.10. The summed E-state index contributed by atoms with van der Waals surface area (Å²) in [7, 11) is 2.07. The Morgan fingerprint density at radius 2 is 2.00 bits per heavy atom. The van der Waals surface area contributed by atoms with Gasteiger partial charge in [-0.3, -0.25) is 14.4 Å². The molecule has 17 heavy (non-hydrogen) atoms. The highest BCUT2D eigenvalue weighted by molar-refractivity contribution is 7.40. The molecule has 96 valence electrons. The molecule has 1 amide bonds. The smallest absolute Gasteiger partial charge is 0.220 e. The summed E-state index contributed by atoms with van der Waals surface area (Å²) in [6.07, 6.45) is 1.65. The van der Waals surface area contributed by atoms with E-state index in [1.807, 2.05) is 6.92 Å². The molecule has 2 atom stereocenters. The number of Topliss-reactive ketones (excluding diaryl/α,β-unsaturated/α-hetero) is 1. The van der Waals surface area contributed by atoms with Crippen molar-refractivity contribution < 1.29 is 19.2 Å². The number of nitrogens with one attached hydrogen (secondary N) is 1. The number of ketones is 1. The summed E-state index contributed by atoms with van der Waals surface area (Å²) in [6, 6.07) is 0. The predicted octanol–water partition coefficient (Wildman–Crippen LogP) is 0.469. The van der Waals surface area contributed by atoms with Crippen LogP contribution in [-0.4, -0.2) is 30.0 Å². The molecule has 0 bridgehead atoms. The van der Waals surface area contributed by atoms with Crippen molar-refractivity contribution in [3.63, 3.8) is 0 Å². The van der Waals surface area contributed by atoms with E-state index in [4.69, 9.17) is 0 Å². The fraction of sp³-hybridized carbons (Fsp3) is 0.636. The van der Waals surface area contributed by atoms with Crippen molar-refractivity contribution in [2.45, 2.75) is 32.6 Å². The summed E-state index contributed by atoms with van der Waals surface area (Å²) in [5, 5.41) is 2.42. The van der Waals surface area contributed by atoms with Crippen LogP contribution in [0.3, 0.4) is 0 Å². The molecule has 0 aliphatic carbocycles. The van der Waals surface area contributed by atoms with E-state index in [-0.39, 0.29) is 48.9 Å². The van der Waals surface area contributed by atoms with Crippen LogP contribution in [0.15, 0.2) is 0 Å². The van der Waals surface area contributed by atoms with Crippen LogP contribution < -0.4 is 5.32 Å². The molecule has 2 unspecified atom stereocenters. The van der Waals surface area contributed by atoms with Crippen LogP contribution in [0.5, 0.6) is 0 Å². The highest BCUT2D eigenvalue weighted by Crippen LogP contribution is 2.13. The first-order chi connectivity index (χ1) is 8.01. The van der Waals surface area contributed by atoms with E-state index in [1.165, 1.54) is 0 Å². The minimum Gasteiger partial charge on any atom is -0.349 e. The van der Waals surface area contributed by atoms with E-state index in [0.29, 0.717) is 12.7 Å². The highest BCUT2D eigenvalue weighted by atomic mass is 31.0. The van der Waals surface area contributed by atoms with Gasteiger partial charge in [0.05, 0.1) is 6.54 Å². The third-order valence-electron chi connectivity index (χ3n) is 2.34. The maximum atomic E-state index is 11.4. The van der Waals surface area contributed by atoms with Crippen LogP contribution in [0.25, 0.3) is 0 Å². The van der Waals surface area contributed by atoms with Gasteiger partial charge in [-0.15, -0.1) is 0 Å². The molecule has 6 heteroatoms. The first-order valence-electron chi connectivity index (χ1n) is 5.52. The fourth-order valence-electron chi connectivity index (χ4n) is 1.27. The maximum absolute atomic E-state index is 11.4. The molecule has 0 spiro atoms. The lowest BCUT2D eigenvalue weighted by molar-refractivity contribution is -0.127. The molecular weight excluding hydrogens is 241 g/mol. The zero-order chi connectivity index (χ0) is 13.3. The van der Waals surface area contributed by atoms with Gasteiger partial charge in [-0.05, 0) is 6.42 Å². The van der Waals surface area contributed by atoms with Gasteiger partial charge in [0.15, 0.2) is 11.3 Å². The van der Waals surface area contributed by atoms with Crippen LogP contribution in [0.2, 0.25) is 0 Å². The number of aldehydes is 1. The summed E-state index contributed by atoms with van der Waals surface area (Å²) in [6.45, 7) is 1.76. The molecule has 0 radical (unpaired) electrons. The minimum absolute atomic E-state index is 0.0772. The van der Waals surface area contributed by atoms with Gasteiger partial charge in [0.2, 0.25) is 5.91 Å². The van der Waals surface area contributed by atoms with Crippen LogP contribution in [0.1, 0.15) is 32.6 Å². The minimum atomic E-state index is -0.323. The van der Waals surface area contributed by atoms with E-state index < -0.39 is 0 Å². The van der Waals surface area contributed by atoms with Crippen molar-refractivity contribution >= 4 is 32.7 Å².